The smallest absolute Gasteiger partial charge is 0.321 e. The van der Waals surface area contributed by atoms with E-state index in [0.29, 0.717) is 31.8 Å². The zero-order valence-electron chi connectivity index (χ0n) is 13.4. The molecule has 0 aliphatic carbocycles. The number of carbonyl (C=O) groups excluding carboxylic acids is 1. The lowest BCUT2D eigenvalue weighted by Gasteiger charge is -2.10. The average molecular weight is 352 g/mol. The Kier molecular flexibility index (Phi) is 6.04. The molecular formula is C15H20N4O4S. The third-order valence-electron chi connectivity index (χ3n) is 3.44. The van der Waals surface area contributed by atoms with Gasteiger partial charge in [0.05, 0.1) is 7.11 Å². The SMILES string of the molecule is COC(=O)CS(=O)(=O)c1nnc(CCN)n1CCc1ccccc1. The van der Waals surface area contributed by atoms with Gasteiger partial charge in [-0.05, 0) is 18.5 Å². The van der Waals surface area contributed by atoms with E-state index < -0.39 is 21.6 Å². The minimum atomic E-state index is -3.93. The summed E-state index contributed by atoms with van der Waals surface area (Å²) in [6, 6.07) is 9.65. The van der Waals surface area contributed by atoms with Crippen LogP contribution in [0.3, 0.4) is 0 Å². The zero-order valence-corrected chi connectivity index (χ0v) is 14.2. The summed E-state index contributed by atoms with van der Waals surface area (Å²) in [5.74, 6) is -1.12. The Hall–Kier alpha value is -2.26. The first-order valence-electron chi connectivity index (χ1n) is 7.43. The number of nitrogens with two attached hydrogens (primary N) is 1. The summed E-state index contributed by atoms with van der Waals surface area (Å²) < 4.78 is 30.7. The second-order valence-corrected chi connectivity index (χ2v) is 7.04. The Labute approximate surface area is 140 Å². The summed E-state index contributed by atoms with van der Waals surface area (Å²) in [5, 5.41) is 7.46. The van der Waals surface area contributed by atoms with Crippen molar-refractivity contribution in [2.75, 3.05) is 19.4 Å². The van der Waals surface area contributed by atoms with Gasteiger partial charge < -0.3 is 15.0 Å². The van der Waals surface area contributed by atoms with Crippen molar-refractivity contribution in [3.05, 3.63) is 41.7 Å². The Morgan fingerprint density at radius 3 is 2.54 bits per heavy atom. The molecule has 0 atom stereocenters. The van der Waals surface area contributed by atoms with Crippen LogP contribution in [-0.2, 0) is 38.8 Å². The van der Waals surface area contributed by atoms with Gasteiger partial charge in [-0.1, -0.05) is 30.3 Å². The van der Waals surface area contributed by atoms with Crippen LogP contribution in [0.5, 0.6) is 0 Å². The van der Waals surface area contributed by atoms with Crippen molar-refractivity contribution in [2.24, 2.45) is 5.73 Å². The standard InChI is InChI=1S/C15H20N4O4S/c1-23-14(20)11-24(21,22)15-18-17-13(7-9-16)19(15)10-8-12-5-3-2-4-6-12/h2-6H,7-11,16H2,1H3. The molecule has 130 valence electrons. The normalized spacial score (nSPS) is 11.4. The van der Waals surface area contributed by atoms with E-state index in [2.05, 4.69) is 14.9 Å². The van der Waals surface area contributed by atoms with Gasteiger partial charge in [0, 0.05) is 13.0 Å². The molecule has 0 spiro atoms. The largest absolute Gasteiger partial charge is 0.468 e. The van der Waals surface area contributed by atoms with Crippen molar-refractivity contribution < 1.29 is 17.9 Å². The van der Waals surface area contributed by atoms with E-state index in [9.17, 15) is 13.2 Å². The maximum absolute atomic E-state index is 12.4. The fourth-order valence-electron chi connectivity index (χ4n) is 2.25. The van der Waals surface area contributed by atoms with Crippen LogP contribution in [0.1, 0.15) is 11.4 Å². The molecule has 0 amide bonds. The van der Waals surface area contributed by atoms with Crippen LogP contribution in [0.25, 0.3) is 0 Å². The van der Waals surface area contributed by atoms with Crippen molar-refractivity contribution in [3.8, 4) is 0 Å². The van der Waals surface area contributed by atoms with Crippen LogP contribution in [-0.4, -0.2) is 48.6 Å². The van der Waals surface area contributed by atoms with E-state index in [0.717, 1.165) is 12.7 Å². The van der Waals surface area contributed by atoms with Gasteiger partial charge in [-0.3, -0.25) is 4.79 Å². The number of aromatic nitrogens is 3. The fourth-order valence-corrected chi connectivity index (χ4v) is 3.51. The van der Waals surface area contributed by atoms with E-state index in [1.54, 1.807) is 0 Å². The van der Waals surface area contributed by atoms with E-state index in [1.807, 2.05) is 30.3 Å². The van der Waals surface area contributed by atoms with Gasteiger partial charge in [-0.2, -0.15) is 0 Å². The van der Waals surface area contributed by atoms with E-state index in [-0.39, 0.29) is 5.16 Å². The number of hydrogen-bond acceptors (Lipinski definition) is 7. The summed E-state index contributed by atoms with van der Waals surface area (Å²) in [6.07, 6.45) is 1.01. The van der Waals surface area contributed by atoms with Crippen LogP contribution in [0.15, 0.2) is 35.5 Å². The van der Waals surface area contributed by atoms with Crippen molar-refractivity contribution in [1.29, 1.82) is 0 Å². The molecule has 0 saturated carbocycles. The molecule has 2 rings (SSSR count). The second kappa shape index (κ2) is 8.02. The first-order chi connectivity index (χ1) is 11.5. The highest BCUT2D eigenvalue weighted by atomic mass is 32.2. The third kappa shape index (κ3) is 4.39. The predicted octanol–water partition coefficient (Wildman–Crippen LogP) is -0.0313. The van der Waals surface area contributed by atoms with Crippen LogP contribution in [0.2, 0.25) is 0 Å². The van der Waals surface area contributed by atoms with Crippen LogP contribution in [0.4, 0.5) is 0 Å². The van der Waals surface area contributed by atoms with Crippen molar-refractivity contribution in [2.45, 2.75) is 24.5 Å². The highest BCUT2D eigenvalue weighted by Crippen LogP contribution is 2.13. The molecule has 0 radical (unpaired) electrons. The molecule has 0 bridgehead atoms. The Morgan fingerprint density at radius 1 is 1.21 bits per heavy atom. The molecule has 2 N–H and O–H groups in total. The molecule has 1 aromatic heterocycles. The van der Waals surface area contributed by atoms with Gasteiger partial charge in [0.2, 0.25) is 15.0 Å². The van der Waals surface area contributed by atoms with Crippen molar-refractivity contribution in [3.63, 3.8) is 0 Å². The van der Waals surface area contributed by atoms with Crippen molar-refractivity contribution >= 4 is 15.8 Å². The number of benzene rings is 1. The lowest BCUT2D eigenvalue weighted by atomic mass is 10.1. The summed E-state index contributed by atoms with van der Waals surface area (Å²) in [4.78, 5) is 11.3. The molecular weight excluding hydrogens is 332 g/mol. The molecule has 9 heteroatoms. The van der Waals surface area contributed by atoms with Crippen LogP contribution >= 0.6 is 0 Å². The summed E-state index contributed by atoms with van der Waals surface area (Å²) in [5.41, 5.74) is 6.61. The summed E-state index contributed by atoms with van der Waals surface area (Å²) in [6.45, 7) is 0.697. The van der Waals surface area contributed by atoms with Crippen LogP contribution in [0, 0.1) is 0 Å². The van der Waals surface area contributed by atoms with E-state index >= 15 is 0 Å². The quantitative estimate of drug-likeness (QED) is 0.663. The number of carbonyl (C=O) groups is 1. The van der Waals surface area contributed by atoms with Gasteiger partial charge in [0.25, 0.3) is 0 Å². The van der Waals surface area contributed by atoms with Gasteiger partial charge in [0.1, 0.15) is 5.82 Å². The third-order valence-corrected chi connectivity index (χ3v) is 4.92. The van der Waals surface area contributed by atoms with Gasteiger partial charge in [0.15, 0.2) is 5.75 Å². The molecule has 8 nitrogen and oxygen atoms in total. The maximum atomic E-state index is 12.4. The molecule has 1 heterocycles. The molecule has 0 saturated heterocycles. The minimum absolute atomic E-state index is 0.229. The number of aryl methyl sites for hydroxylation is 1. The van der Waals surface area contributed by atoms with Crippen LogP contribution < -0.4 is 5.73 Å². The second-order valence-electron chi connectivity index (χ2n) is 5.16. The number of hydrogen-bond donors (Lipinski definition) is 1. The number of sulfone groups is 1. The Bertz CT molecular complexity index is 787. The number of rotatable bonds is 8. The molecule has 24 heavy (non-hydrogen) atoms. The van der Waals surface area contributed by atoms with Crippen molar-refractivity contribution in [1.82, 2.24) is 14.8 Å². The zero-order chi connectivity index (χ0) is 17.6. The lowest BCUT2D eigenvalue weighted by Crippen LogP contribution is -2.22. The highest BCUT2D eigenvalue weighted by Gasteiger charge is 2.27. The molecule has 0 aliphatic rings. The monoisotopic (exact) mass is 352 g/mol. The fraction of sp³-hybridized carbons (Fsp3) is 0.400. The molecule has 0 fully saturated rings. The average Bonchev–Trinajstić information content (AvgIpc) is 2.97. The topological polar surface area (TPSA) is 117 Å². The molecule has 0 unspecified atom stereocenters. The maximum Gasteiger partial charge on any atom is 0.321 e. The molecule has 2 aromatic rings. The predicted molar refractivity (Wildman–Crippen MR) is 87.0 cm³/mol. The summed E-state index contributed by atoms with van der Waals surface area (Å²) in [7, 11) is -2.79. The first-order valence-corrected chi connectivity index (χ1v) is 9.09. The number of nitrogens with zero attached hydrogens (tertiary/aromatic N) is 3. The molecule has 1 aromatic carbocycles. The number of methoxy groups -OCH3 is 1. The van der Waals surface area contributed by atoms with Gasteiger partial charge >= 0.3 is 5.97 Å². The highest BCUT2D eigenvalue weighted by molar-refractivity contribution is 7.91. The number of esters is 1. The lowest BCUT2D eigenvalue weighted by molar-refractivity contribution is -0.137. The first kappa shape index (κ1) is 18.1. The molecule has 0 aliphatic heterocycles. The minimum Gasteiger partial charge on any atom is -0.468 e. The van der Waals surface area contributed by atoms with E-state index in [4.69, 9.17) is 5.73 Å². The number of ether oxygens (including phenoxy) is 1. The van der Waals surface area contributed by atoms with Gasteiger partial charge in [-0.25, -0.2) is 8.42 Å². The Balaban J connectivity index is 2.30. The van der Waals surface area contributed by atoms with Gasteiger partial charge in [-0.15, -0.1) is 10.2 Å². The Morgan fingerprint density at radius 2 is 1.92 bits per heavy atom. The van der Waals surface area contributed by atoms with E-state index in [1.165, 1.54) is 4.57 Å². The summed E-state index contributed by atoms with van der Waals surface area (Å²) >= 11 is 0.